The molecule has 28 heavy (non-hydrogen) atoms. The smallest absolute Gasteiger partial charge is 0.266 e. The number of hydrogen-bond acceptors (Lipinski definition) is 4. The number of aromatic nitrogens is 1. The van der Waals surface area contributed by atoms with Crippen molar-refractivity contribution >= 4 is 32.6 Å². The number of halogens is 2. The maximum absolute atomic E-state index is 14.2. The number of hydrogen-bond donors (Lipinski definition) is 1. The Balaban J connectivity index is 2.06. The first kappa shape index (κ1) is 20.2. The third-order valence-electron chi connectivity index (χ3n) is 4.16. The Hall–Kier alpha value is -2.58. The number of carbonyl (C=O) groups is 1. The molecule has 1 aromatic heterocycles. The molecule has 148 valence electrons. The van der Waals surface area contributed by atoms with Crippen LogP contribution < -0.4 is 14.5 Å². The zero-order chi connectivity index (χ0) is 20.3. The Morgan fingerprint density at radius 2 is 1.86 bits per heavy atom. The zero-order valence-electron chi connectivity index (χ0n) is 16.0. The molecule has 0 saturated carbocycles. The van der Waals surface area contributed by atoms with Crippen molar-refractivity contribution in [2.45, 2.75) is 6.92 Å². The van der Waals surface area contributed by atoms with E-state index in [-0.39, 0.29) is 6.54 Å². The number of amides is 1. The van der Waals surface area contributed by atoms with Crippen molar-refractivity contribution in [3.63, 3.8) is 0 Å². The molecule has 0 aliphatic carbocycles. The van der Waals surface area contributed by atoms with Crippen LogP contribution in [0.15, 0.2) is 36.4 Å². The second-order valence-electron chi connectivity index (χ2n) is 6.54. The maximum Gasteiger partial charge on any atom is 0.266 e. The second kappa shape index (κ2) is 8.62. The summed E-state index contributed by atoms with van der Waals surface area (Å²) in [7, 11) is 3.88. The average Bonchev–Trinajstić information content (AvgIpc) is 3.06. The van der Waals surface area contributed by atoms with Gasteiger partial charge < -0.3 is 9.64 Å². The van der Waals surface area contributed by atoms with Gasteiger partial charge in [0.2, 0.25) is 0 Å². The molecule has 5 nitrogen and oxygen atoms in total. The lowest BCUT2D eigenvalue weighted by Crippen LogP contribution is -3.06. The molecule has 8 heteroatoms. The fourth-order valence-electron chi connectivity index (χ4n) is 2.76. The molecular weight excluding hydrogens is 384 g/mol. The predicted octanol–water partition coefficient (Wildman–Crippen LogP) is 2.76. The maximum atomic E-state index is 14.2. The molecule has 0 radical (unpaired) electrons. The number of quaternary nitrogens is 1. The third kappa shape index (κ3) is 4.13. The normalized spacial score (nSPS) is 11.2. The van der Waals surface area contributed by atoms with Crippen LogP contribution >= 0.6 is 11.3 Å². The van der Waals surface area contributed by atoms with Crippen LogP contribution in [0.2, 0.25) is 0 Å². The largest absolute Gasteiger partial charge is 0.492 e. The van der Waals surface area contributed by atoms with Crippen LogP contribution in [-0.2, 0) is 0 Å². The number of carbonyl (C=O) groups excluding carboxylic acids is 1. The lowest BCUT2D eigenvalue weighted by molar-refractivity contribution is -0.856. The Bertz CT molecular complexity index is 970. The Morgan fingerprint density at radius 1 is 1.18 bits per heavy atom. The van der Waals surface area contributed by atoms with E-state index in [2.05, 4.69) is 4.98 Å². The molecule has 0 aliphatic heterocycles. The minimum absolute atomic E-state index is 0.277. The molecule has 0 unspecified atom stereocenters. The fourth-order valence-corrected chi connectivity index (χ4v) is 3.76. The van der Waals surface area contributed by atoms with Crippen LogP contribution in [0.3, 0.4) is 0 Å². The molecule has 0 atom stereocenters. The van der Waals surface area contributed by atoms with E-state index in [1.165, 1.54) is 22.3 Å². The number of ether oxygens (including phenoxy) is 1. The summed E-state index contributed by atoms with van der Waals surface area (Å²) >= 11 is 1.29. The fraction of sp³-hybridized carbons (Fsp3) is 0.300. The van der Waals surface area contributed by atoms with Crippen molar-refractivity contribution < 1.29 is 23.2 Å². The van der Waals surface area contributed by atoms with Gasteiger partial charge in [-0.25, -0.2) is 13.8 Å². The highest BCUT2D eigenvalue weighted by Gasteiger charge is 2.27. The van der Waals surface area contributed by atoms with E-state index < -0.39 is 23.1 Å². The molecule has 1 N–H and O–H groups in total. The molecule has 0 bridgehead atoms. The van der Waals surface area contributed by atoms with Crippen LogP contribution in [0.25, 0.3) is 10.2 Å². The zero-order valence-corrected chi connectivity index (χ0v) is 16.8. The van der Waals surface area contributed by atoms with E-state index >= 15 is 0 Å². The second-order valence-corrected chi connectivity index (χ2v) is 7.55. The minimum Gasteiger partial charge on any atom is -0.492 e. The van der Waals surface area contributed by atoms with Crippen molar-refractivity contribution in [3.8, 4) is 5.75 Å². The van der Waals surface area contributed by atoms with Gasteiger partial charge in [-0.3, -0.25) is 9.69 Å². The summed E-state index contributed by atoms with van der Waals surface area (Å²) < 4.78 is 34.9. The van der Waals surface area contributed by atoms with E-state index in [9.17, 15) is 13.6 Å². The third-order valence-corrected chi connectivity index (χ3v) is 5.20. The molecule has 0 aliphatic rings. The number of rotatable bonds is 7. The number of nitrogens with zero attached hydrogens (tertiary/aromatic N) is 2. The molecule has 2 aromatic carbocycles. The van der Waals surface area contributed by atoms with Gasteiger partial charge in [0.15, 0.2) is 5.13 Å². The highest BCUT2D eigenvalue weighted by atomic mass is 32.1. The predicted molar refractivity (Wildman–Crippen MR) is 107 cm³/mol. The Kier molecular flexibility index (Phi) is 6.21. The van der Waals surface area contributed by atoms with Gasteiger partial charge in [-0.2, -0.15) is 0 Å². The first-order valence-electron chi connectivity index (χ1n) is 8.99. The van der Waals surface area contributed by atoms with Crippen molar-refractivity contribution in [1.82, 2.24) is 4.98 Å². The lowest BCUT2D eigenvalue weighted by Gasteiger charge is -2.21. The van der Waals surface area contributed by atoms with Crippen LogP contribution in [0.1, 0.15) is 17.3 Å². The van der Waals surface area contributed by atoms with Gasteiger partial charge in [-0.1, -0.05) is 23.5 Å². The molecule has 3 rings (SSSR count). The lowest BCUT2D eigenvalue weighted by atomic mass is 10.1. The number of anilines is 1. The SMILES string of the molecule is CCOc1cccc2sc(N(CC[NH+](C)C)C(=O)c3c(F)cccc3F)nc12. The summed E-state index contributed by atoms with van der Waals surface area (Å²) in [6.07, 6.45) is 0. The molecule has 3 aromatic rings. The minimum atomic E-state index is -0.886. The Morgan fingerprint density at radius 3 is 2.50 bits per heavy atom. The average molecular weight is 406 g/mol. The first-order chi connectivity index (χ1) is 13.4. The van der Waals surface area contributed by atoms with Gasteiger partial charge >= 0.3 is 0 Å². The van der Waals surface area contributed by atoms with Crippen LogP contribution in [0.5, 0.6) is 5.75 Å². The van der Waals surface area contributed by atoms with Crippen LogP contribution in [0, 0.1) is 11.6 Å². The summed E-state index contributed by atoms with van der Waals surface area (Å²) in [5, 5.41) is 0.385. The van der Waals surface area contributed by atoms with Gasteiger partial charge in [0.25, 0.3) is 5.91 Å². The monoisotopic (exact) mass is 406 g/mol. The van der Waals surface area contributed by atoms with Gasteiger partial charge in [0.1, 0.15) is 28.5 Å². The number of thiazole rings is 1. The molecule has 1 amide bonds. The van der Waals surface area contributed by atoms with E-state index in [0.29, 0.717) is 29.5 Å². The molecular formula is C20H22F2N3O2S+. The van der Waals surface area contributed by atoms with Gasteiger partial charge in [0.05, 0.1) is 38.5 Å². The molecule has 0 spiro atoms. The standard InChI is InChI=1S/C20H21F2N3O2S/c1-4-27-15-9-6-10-16-18(15)23-20(28-16)25(12-11-24(2)3)19(26)17-13(21)7-5-8-14(17)22/h5-10H,4,11-12H2,1-3H3/p+1. The van der Waals surface area contributed by atoms with Gasteiger partial charge in [-0.15, -0.1) is 0 Å². The van der Waals surface area contributed by atoms with E-state index in [4.69, 9.17) is 4.74 Å². The Labute approximate surface area is 166 Å². The highest BCUT2D eigenvalue weighted by Crippen LogP contribution is 2.35. The van der Waals surface area contributed by atoms with E-state index in [1.54, 1.807) is 0 Å². The summed E-state index contributed by atoms with van der Waals surface area (Å²) in [5.74, 6) is -1.90. The summed E-state index contributed by atoms with van der Waals surface area (Å²) in [6.45, 7) is 3.23. The van der Waals surface area contributed by atoms with E-state index in [1.807, 2.05) is 39.2 Å². The number of fused-ring (bicyclic) bond motifs is 1. The van der Waals surface area contributed by atoms with Crippen molar-refractivity contribution in [2.24, 2.45) is 0 Å². The van der Waals surface area contributed by atoms with Crippen LogP contribution in [-0.4, -0.2) is 44.7 Å². The van der Waals surface area contributed by atoms with E-state index in [0.717, 1.165) is 21.7 Å². The van der Waals surface area contributed by atoms with Crippen LogP contribution in [0.4, 0.5) is 13.9 Å². The molecule has 0 fully saturated rings. The van der Waals surface area contributed by atoms with Crippen molar-refractivity contribution in [3.05, 3.63) is 53.6 Å². The highest BCUT2D eigenvalue weighted by molar-refractivity contribution is 7.22. The van der Waals surface area contributed by atoms with Crippen molar-refractivity contribution in [2.75, 3.05) is 38.7 Å². The molecule has 0 saturated heterocycles. The first-order valence-corrected chi connectivity index (χ1v) is 9.81. The number of benzene rings is 2. The number of nitrogens with one attached hydrogen (secondary N) is 1. The van der Waals surface area contributed by atoms with Gasteiger partial charge in [0, 0.05) is 0 Å². The summed E-state index contributed by atoms with van der Waals surface area (Å²) in [6, 6.07) is 8.93. The number of para-hydroxylation sites is 1. The molecule has 1 heterocycles. The number of likely N-dealkylation sites (N-methyl/N-ethyl adjacent to an activating group) is 1. The summed E-state index contributed by atoms with van der Waals surface area (Å²) in [5.41, 5.74) is 0.0638. The topological polar surface area (TPSA) is 46.9 Å². The van der Waals surface area contributed by atoms with Gasteiger partial charge in [-0.05, 0) is 31.2 Å². The van der Waals surface area contributed by atoms with Crippen molar-refractivity contribution in [1.29, 1.82) is 0 Å². The summed E-state index contributed by atoms with van der Waals surface area (Å²) in [4.78, 5) is 20.1. The quantitative estimate of drug-likeness (QED) is 0.656.